The lowest BCUT2D eigenvalue weighted by Gasteiger charge is -2.10. The molecule has 0 spiro atoms. The molecular weight excluding hydrogens is 348 g/mol. The number of non-ortho nitro benzene ring substituents is 1. The minimum Gasteiger partial charge on any atom is -0.494 e. The zero-order valence-corrected chi connectivity index (χ0v) is 14.5. The number of nitrogens with one attached hydrogen (secondary N) is 1. The average Bonchev–Trinajstić information content (AvgIpc) is 2.68. The van der Waals surface area contributed by atoms with Gasteiger partial charge in [-0.2, -0.15) is 0 Å². The van der Waals surface area contributed by atoms with Gasteiger partial charge in [0.15, 0.2) is 6.29 Å². The molecule has 27 heavy (non-hydrogen) atoms. The number of hydrogen-bond donors (Lipinski definition) is 1. The maximum Gasteiger partial charge on any atom is 0.277 e. The summed E-state index contributed by atoms with van der Waals surface area (Å²) in [7, 11) is 0. The van der Waals surface area contributed by atoms with Gasteiger partial charge in [-0.05, 0) is 48.7 Å². The van der Waals surface area contributed by atoms with Crippen molar-refractivity contribution in [3.8, 4) is 5.75 Å². The van der Waals surface area contributed by atoms with Crippen LogP contribution >= 0.6 is 0 Å². The van der Waals surface area contributed by atoms with Gasteiger partial charge in [-0.25, -0.2) is 0 Å². The second-order valence-corrected chi connectivity index (χ2v) is 5.69. The van der Waals surface area contributed by atoms with Gasteiger partial charge in [0.05, 0.1) is 22.5 Å². The van der Waals surface area contributed by atoms with Crippen molar-refractivity contribution < 1.29 is 19.2 Å². The van der Waals surface area contributed by atoms with Gasteiger partial charge in [0, 0.05) is 17.3 Å². The van der Waals surface area contributed by atoms with Crippen molar-refractivity contribution in [3.63, 3.8) is 0 Å². The molecule has 0 aliphatic rings. The highest BCUT2D eigenvalue weighted by Gasteiger charge is 2.19. The Bertz CT molecular complexity index is 1030. The van der Waals surface area contributed by atoms with E-state index in [0.717, 1.165) is 0 Å². The summed E-state index contributed by atoms with van der Waals surface area (Å²) < 4.78 is 5.35. The highest BCUT2D eigenvalue weighted by atomic mass is 16.6. The first-order valence-electron chi connectivity index (χ1n) is 8.24. The number of rotatable bonds is 6. The highest BCUT2D eigenvalue weighted by molar-refractivity contribution is 6.15. The summed E-state index contributed by atoms with van der Waals surface area (Å²) in [5.74, 6) is 0.205. The van der Waals surface area contributed by atoms with Crippen molar-refractivity contribution in [2.45, 2.75) is 6.92 Å². The lowest BCUT2D eigenvalue weighted by molar-refractivity contribution is -0.383. The summed E-state index contributed by atoms with van der Waals surface area (Å²) in [6.45, 7) is 2.42. The van der Waals surface area contributed by atoms with Gasteiger partial charge in [-0.3, -0.25) is 19.7 Å². The fourth-order valence-corrected chi connectivity index (χ4v) is 2.85. The number of anilines is 1. The molecule has 1 N–H and O–H groups in total. The van der Waals surface area contributed by atoms with Crippen LogP contribution in [0, 0.1) is 10.1 Å². The van der Waals surface area contributed by atoms with Gasteiger partial charge in [0.2, 0.25) is 0 Å². The molecule has 0 saturated carbocycles. The van der Waals surface area contributed by atoms with E-state index in [-0.39, 0.29) is 16.8 Å². The molecule has 0 heterocycles. The Hall–Kier alpha value is -3.74. The molecule has 136 valence electrons. The summed E-state index contributed by atoms with van der Waals surface area (Å²) in [4.78, 5) is 34.9. The molecular formula is C20H16N2O5. The second kappa shape index (κ2) is 7.65. The third kappa shape index (κ3) is 3.62. The van der Waals surface area contributed by atoms with Crippen LogP contribution < -0.4 is 10.1 Å². The van der Waals surface area contributed by atoms with E-state index in [1.54, 1.807) is 30.3 Å². The van der Waals surface area contributed by atoms with Gasteiger partial charge in [-0.15, -0.1) is 0 Å². The smallest absolute Gasteiger partial charge is 0.277 e. The Kier molecular flexibility index (Phi) is 5.12. The third-order valence-electron chi connectivity index (χ3n) is 4.06. The van der Waals surface area contributed by atoms with Gasteiger partial charge >= 0.3 is 0 Å². The number of amides is 1. The highest BCUT2D eigenvalue weighted by Crippen LogP contribution is 2.29. The molecule has 3 rings (SSSR count). The van der Waals surface area contributed by atoms with E-state index in [2.05, 4.69) is 5.32 Å². The Labute approximate surface area is 154 Å². The first kappa shape index (κ1) is 18.1. The minimum atomic E-state index is -0.517. The van der Waals surface area contributed by atoms with Gasteiger partial charge < -0.3 is 10.1 Å². The molecule has 1 amide bonds. The van der Waals surface area contributed by atoms with E-state index < -0.39 is 10.8 Å². The number of nitro benzene ring substituents is 1. The third-order valence-corrected chi connectivity index (χ3v) is 4.06. The van der Waals surface area contributed by atoms with Crippen LogP contribution in [0.5, 0.6) is 5.75 Å². The molecule has 0 aliphatic carbocycles. The number of fused-ring (bicyclic) bond motifs is 1. The van der Waals surface area contributed by atoms with Gasteiger partial charge in [0.1, 0.15) is 5.75 Å². The summed E-state index contributed by atoms with van der Waals surface area (Å²) in [6.07, 6.45) is 0.541. The predicted molar refractivity (Wildman–Crippen MR) is 102 cm³/mol. The lowest BCUT2D eigenvalue weighted by atomic mass is 9.98. The van der Waals surface area contributed by atoms with Crippen LogP contribution in [-0.2, 0) is 0 Å². The summed E-state index contributed by atoms with van der Waals surface area (Å²) in [5.41, 5.74) is 0.681. The number of carbonyl (C=O) groups is 2. The standard InChI is InChI=1S/C20H16N2O5/c1-2-27-14-8-6-13(7-9-14)21-20(24)17-11-10-16-15(18(17)12-23)4-3-5-19(16)22(25)26/h3-12H,2H2,1H3,(H,21,24). The first-order chi connectivity index (χ1) is 13.0. The zero-order valence-electron chi connectivity index (χ0n) is 14.5. The number of aldehydes is 1. The fourth-order valence-electron chi connectivity index (χ4n) is 2.85. The molecule has 7 nitrogen and oxygen atoms in total. The molecule has 0 fully saturated rings. The predicted octanol–water partition coefficient (Wildman–Crippen LogP) is 4.21. The van der Waals surface area contributed by atoms with Crippen LogP contribution in [0.1, 0.15) is 27.6 Å². The van der Waals surface area contributed by atoms with Crippen molar-refractivity contribution in [1.82, 2.24) is 0 Å². The summed E-state index contributed by atoms with van der Waals surface area (Å²) >= 11 is 0. The summed E-state index contributed by atoms with van der Waals surface area (Å²) in [5, 5.41) is 14.6. The molecule has 3 aromatic carbocycles. The normalized spacial score (nSPS) is 10.4. The van der Waals surface area contributed by atoms with Crippen LogP contribution in [0.15, 0.2) is 54.6 Å². The number of nitrogens with zero attached hydrogens (tertiary/aromatic N) is 1. The topological polar surface area (TPSA) is 98.5 Å². The molecule has 0 aromatic heterocycles. The van der Waals surface area contributed by atoms with Crippen LogP contribution in [0.2, 0.25) is 0 Å². The number of hydrogen-bond acceptors (Lipinski definition) is 5. The van der Waals surface area contributed by atoms with E-state index in [9.17, 15) is 19.7 Å². The van der Waals surface area contributed by atoms with E-state index in [1.807, 2.05) is 6.92 Å². The van der Waals surface area contributed by atoms with Crippen molar-refractivity contribution in [2.75, 3.05) is 11.9 Å². The molecule has 0 bridgehead atoms. The molecule has 7 heteroatoms. The average molecular weight is 364 g/mol. The number of benzene rings is 3. The van der Waals surface area contributed by atoms with E-state index in [4.69, 9.17) is 4.74 Å². The number of nitro groups is 1. The van der Waals surface area contributed by atoms with Crippen LogP contribution in [0.3, 0.4) is 0 Å². The Morgan fingerprint density at radius 1 is 1.11 bits per heavy atom. The SMILES string of the molecule is CCOc1ccc(NC(=O)c2ccc3c([N+](=O)[O-])cccc3c2C=O)cc1. The zero-order chi connectivity index (χ0) is 19.4. The van der Waals surface area contributed by atoms with Gasteiger partial charge in [-0.1, -0.05) is 12.1 Å². The minimum absolute atomic E-state index is 0.111. The maximum atomic E-state index is 12.6. The quantitative estimate of drug-likeness (QED) is 0.401. The van der Waals surface area contributed by atoms with E-state index >= 15 is 0 Å². The summed E-state index contributed by atoms with van der Waals surface area (Å²) in [6, 6.07) is 14.2. The van der Waals surface area contributed by atoms with Gasteiger partial charge in [0.25, 0.3) is 11.6 Å². The Balaban J connectivity index is 1.97. The van der Waals surface area contributed by atoms with Crippen molar-refractivity contribution in [2.24, 2.45) is 0 Å². The molecule has 0 unspecified atom stereocenters. The van der Waals surface area contributed by atoms with E-state index in [0.29, 0.717) is 35.1 Å². The van der Waals surface area contributed by atoms with Crippen molar-refractivity contribution in [3.05, 3.63) is 75.8 Å². The Morgan fingerprint density at radius 3 is 2.48 bits per heavy atom. The number of carbonyl (C=O) groups excluding carboxylic acids is 2. The van der Waals surface area contributed by atoms with Crippen molar-refractivity contribution in [1.29, 1.82) is 0 Å². The van der Waals surface area contributed by atoms with Crippen LogP contribution in [0.25, 0.3) is 10.8 Å². The monoisotopic (exact) mass is 364 g/mol. The molecule has 0 radical (unpaired) electrons. The van der Waals surface area contributed by atoms with Crippen LogP contribution in [-0.4, -0.2) is 23.7 Å². The lowest BCUT2D eigenvalue weighted by Crippen LogP contribution is -2.14. The second-order valence-electron chi connectivity index (χ2n) is 5.69. The largest absolute Gasteiger partial charge is 0.494 e. The van der Waals surface area contributed by atoms with Crippen molar-refractivity contribution >= 4 is 34.3 Å². The molecule has 0 saturated heterocycles. The van der Waals surface area contributed by atoms with E-state index in [1.165, 1.54) is 24.3 Å². The Morgan fingerprint density at radius 2 is 1.85 bits per heavy atom. The van der Waals surface area contributed by atoms with Crippen LogP contribution in [0.4, 0.5) is 11.4 Å². The first-order valence-corrected chi connectivity index (χ1v) is 8.24. The maximum absolute atomic E-state index is 12.6. The molecule has 0 aliphatic heterocycles. The fraction of sp³-hybridized carbons (Fsp3) is 0.100. The number of ether oxygens (including phenoxy) is 1. The molecule has 3 aromatic rings. The molecule has 0 atom stereocenters.